The minimum absolute atomic E-state index is 0.0473. The highest BCUT2D eigenvalue weighted by atomic mass is 35.5. The van der Waals surface area contributed by atoms with Crippen LogP contribution in [0.5, 0.6) is 0 Å². The topological polar surface area (TPSA) is 199 Å². The summed E-state index contributed by atoms with van der Waals surface area (Å²) in [5.74, 6) is 5.01. The molecule has 143 heavy (non-hydrogen) atoms. The largest absolute Gasteiger partial charge is 0.444 e. The molecule has 0 bridgehead atoms. The molecule has 0 saturated heterocycles. The maximum absolute atomic E-state index is 13.9. The molecule has 786 valence electrons. The van der Waals surface area contributed by atoms with Crippen LogP contribution < -0.4 is 0 Å². The quantitative estimate of drug-likeness (QED) is 0.0806. The molecule has 12 aliphatic rings. The van der Waals surface area contributed by atoms with Crippen LogP contribution in [0.3, 0.4) is 0 Å². The lowest BCUT2D eigenvalue weighted by Gasteiger charge is -2.42. The van der Waals surface area contributed by atoms with E-state index in [0.29, 0.717) is 91.2 Å². The number of hydrogen-bond donors (Lipinski definition) is 0. The van der Waals surface area contributed by atoms with Crippen molar-refractivity contribution in [2.75, 3.05) is 80.5 Å². The number of hydrogen-bond acceptors (Lipinski definition) is 12. The van der Waals surface area contributed by atoms with Gasteiger partial charge in [-0.3, -0.25) is 19.2 Å². The predicted octanol–water partition coefficient (Wildman–Crippen LogP) is 26.6. The van der Waals surface area contributed by atoms with E-state index in [9.17, 15) is 42.7 Å². The van der Waals surface area contributed by atoms with Crippen LogP contribution in [-0.2, 0) is 63.8 Å². The van der Waals surface area contributed by atoms with Crippen LogP contribution in [-0.4, -0.2) is 214 Å². The molecule has 4 atom stereocenters. The van der Waals surface area contributed by atoms with Crippen LogP contribution >= 0.6 is 23.2 Å². The molecule has 20 nitrogen and oxygen atoms in total. The molecule has 4 unspecified atom stereocenters. The summed E-state index contributed by atoms with van der Waals surface area (Å²) in [5.41, 5.74) is 21.2. The second-order valence-electron chi connectivity index (χ2n) is 49.9. The van der Waals surface area contributed by atoms with Crippen molar-refractivity contribution in [1.29, 1.82) is 0 Å². The summed E-state index contributed by atoms with van der Waals surface area (Å²) < 4.78 is 35.9. The van der Waals surface area contributed by atoms with Crippen LogP contribution in [0.1, 0.15) is 336 Å². The fraction of sp³-hybridized carbons (Fsp3) is 0.667. The molecule has 4 heterocycles. The molecule has 4 aromatic carbocycles. The summed E-state index contributed by atoms with van der Waals surface area (Å²) >= 11 is 12.6. The molecule has 0 aromatic heterocycles. The fourth-order valence-corrected chi connectivity index (χ4v) is 25.6. The average Bonchev–Trinajstić information content (AvgIpc) is 1.62. The van der Waals surface area contributed by atoms with E-state index in [1.807, 2.05) is 122 Å². The number of ether oxygens (including phenoxy) is 4. The monoisotopic (exact) mass is 2010 g/mol. The molecule has 4 aliphatic heterocycles. The summed E-state index contributed by atoms with van der Waals surface area (Å²) in [5, 5.41) is 1.58. The first-order chi connectivity index (χ1) is 67.2. The van der Waals surface area contributed by atoms with Gasteiger partial charge in [0, 0.05) is 114 Å². The number of rotatable bonds is 19. The molecule has 0 spiro atoms. The second kappa shape index (κ2) is 47.2. The molecule has 16 rings (SSSR count). The number of fused-ring (bicyclic) bond motifs is 8. The van der Waals surface area contributed by atoms with Gasteiger partial charge in [0.2, 0.25) is 23.6 Å². The Hall–Kier alpha value is -8.69. The first-order valence-corrected chi connectivity index (χ1v) is 55.3. The molecule has 8 amide bonds. The van der Waals surface area contributed by atoms with Crippen LogP contribution in [0.4, 0.5) is 23.6 Å². The Balaban J connectivity index is 0.000000160. The van der Waals surface area contributed by atoms with Gasteiger partial charge in [-0.15, -0.1) is 0 Å². The minimum Gasteiger partial charge on any atom is -0.444 e. The van der Waals surface area contributed by atoms with Gasteiger partial charge in [0.05, 0.1) is 24.2 Å². The zero-order valence-corrected chi connectivity index (χ0v) is 93.0. The highest BCUT2D eigenvalue weighted by Crippen LogP contribution is 2.51. The van der Waals surface area contributed by atoms with Crippen LogP contribution in [0.2, 0.25) is 10.0 Å². The van der Waals surface area contributed by atoms with Crippen molar-refractivity contribution in [2.45, 2.75) is 365 Å². The van der Waals surface area contributed by atoms with Crippen molar-refractivity contribution in [3.63, 3.8) is 0 Å². The number of benzene rings is 4. The highest BCUT2D eigenvalue weighted by Gasteiger charge is 2.48. The van der Waals surface area contributed by atoms with E-state index in [2.05, 4.69) is 124 Å². The Kier molecular flexibility index (Phi) is 36.8. The number of aryl methyl sites for hydroxylation is 1. The Morgan fingerprint density at radius 2 is 0.615 bits per heavy atom. The van der Waals surface area contributed by atoms with Gasteiger partial charge in [0.1, 0.15) is 28.2 Å². The number of amides is 8. The summed E-state index contributed by atoms with van der Waals surface area (Å²) in [6, 6.07) is 25.2. The SMILES string of the molecule is CC(C)CC1C2=C(CCN1C(=O)C1CCC(CN(C)C(=O)OC(C)(C)C)CC1)c1cc(Cl)ccc1C2.CC(C)CC1C2=C(CCN1C(=O)C1CCC(CN(C)C(=O)OC(C)(C)C)CC1)c1ccc(Cl)cc1C2.CC(C)CC1C2=C(CCN1C(=O)C1CCC(CN(C)C(=O)OC(C)(C)C)CC1)c1ccc(F)cc1C2.Cc1ccc2c(c1)C1=C(C2)C(C(C)C)N(C(=O)C2CCC(CN(C)C(=O)OC(C)(C)C)CC2)CC1. The van der Waals surface area contributed by atoms with Crippen molar-refractivity contribution in [3.05, 3.63) is 161 Å². The van der Waals surface area contributed by atoms with E-state index in [4.69, 9.17) is 42.1 Å². The summed E-state index contributed by atoms with van der Waals surface area (Å²) in [6.45, 7) is 48.7. The van der Waals surface area contributed by atoms with Crippen molar-refractivity contribution in [3.8, 4) is 0 Å². The molecule has 4 fully saturated rings. The maximum Gasteiger partial charge on any atom is 0.410 e. The lowest BCUT2D eigenvalue weighted by molar-refractivity contribution is -0.140. The van der Waals surface area contributed by atoms with E-state index >= 15 is 0 Å². The van der Waals surface area contributed by atoms with Crippen molar-refractivity contribution in [2.24, 2.45) is 71.0 Å². The molecule has 23 heteroatoms. The van der Waals surface area contributed by atoms with E-state index in [1.54, 1.807) is 38.8 Å². The first kappa shape index (κ1) is 112. The van der Waals surface area contributed by atoms with Crippen molar-refractivity contribution in [1.82, 2.24) is 39.2 Å². The summed E-state index contributed by atoms with van der Waals surface area (Å²) in [4.78, 5) is 120. The van der Waals surface area contributed by atoms with E-state index < -0.39 is 22.4 Å². The number of carbonyl (C=O) groups excluding carboxylic acids is 8. The van der Waals surface area contributed by atoms with Crippen molar-refractivity contribution >= 4 is 93.5 Å². The Labute approximate surface area is 866 Å². The molecular formula is C120H173Cl2FN8O12. The lowest BCUT2D eigenvalue weighted by atomic mass is 9.79. The van der Waals surface area contributed by atoms with Gasteiger partial charge in [0.15, 0.2) is 0 Å². The van der Waals surface area contributed by atoms with Gasteiger partial charge in [-0.25, -0.2) is 23.6 Å². The molecule has 8 aliphatic carbocycles. The molecular weight excluding hydrogens is 1840 g/mol. The molecule has 4 aromatic rings. The minimum atomic E-state index is -0.499. The Morgan fingerprint density at radius 3 is 0.951 bits per heavy atom. The normalized spacial score (nSPS) is 24.1. The van der Waals surface area contributed by atoms with Crippen molar-refractivity contribution < 1.29 is 61.7 Å². The third-order valence-electron chi connectivity index (χ3n) is 31.9. The van der Waals surface area contributed by atoms with E-state index in [-0.39, 0.29) is 83.9 Å². The van der Waals surface area contributed by atoms with Crippen LogP contribution in [0.15, 0.2) is 95.1 Å². The zero-order valence-electron chi connectivity index (χ0n) is 91.5. The van der Waals surface area contributed by atoms with Crippen LogP contribution in [0, 0.1) is 83.8 Å². The predicted molar refractivity (Wildman–Crippen MR) is 574 cm³/mol. The Bertz CT molecular complexity index is 5190. The molecule has 4 saturated carbocycles. The molecule has 0 radical (unpaired) electrons. The standard InChI is InChI=1S/2C30H43ClN2O3.C30H43FN2O3.C30H44N2O3/c1-19(2)15-27-26-17-22-16-23(31)11-12-24(22)25(26)13-14-33(27)28(34)21-9-7-20(8-10-21)18-32(6)29(35)36-30(3,4)5;1-19(2)15-27-26-16-22-11-12-23(31)17-25(22)24(26)13-14-33(27)28(34)21-9-7-20(8-10-21)18-32(6)29(35)36-30(3,4)5;1-19(2)15-27-26-17-22-16-23(31)11-12-24(22)25(26)13-14-33(27)28(34)21-9-7-20(8-10-21)18-32(6)29(35)36-30(3,4)5;1-19(2)27-26-17-23-11-8-20(3)16-25(23)24(26)14-15-32(27)28(33)22-12-9-21(10-13-22)18-31(7)29(34)35-30(4,5)6/h11-12,16,19-21,27H,7-10,13-15,17-18H2,1-6H3;11-12,17,19-21,27H,7-10,13-16,18H2,1-6H3;11-12,16,19-21,27H,7-10,13-15,17-18H2,1-6H3;8,11,16,19,21-22,27H,9-10,12-15,17-18H2,1-7H3. The lowest BCUT2D eigenvalue weighted by Crippen LogP contribution is -2.50. The fourth-order valence-electron chi connectivity index (χ4n) is 25.2. The maximum atomic E-state index is 13.9. The summed E-state index contributed by atoms with van der Waals surface area (Å²) in [7, 11) is 7.24. The van der Waals surface area contributed by atoms with E-state index in [1.165, 1.54) is 89.1 Å². The van der Waals surface area contributed by atoms with Gasteiger partial charge in [0.25, 0.3) is 0 Å². The van der Waals surface area contributed by atoms with Gasteiger partial charge in [-0.2, -0.15) is 0 Å². The van der Waals surface area contributed by atoms with Crippen LogP contribution in [0.25, 0.3) is 22.3 Å². The third kappa shape index (κ3) is 28.6. The number of halogens is 3. The number of carbonyl (C=O) groups is 8. The van der Waals surface area contributed by atoms with E-state index in [0.717, 1.165) is 215 Å². The third-order valence-corrected chi connectivity index (χ3v) is 32.3. The average molecular weight is 2010 g/mol. The van der Waals surface area contributed by atoms with Gasteiger partial charge in [-0.05, 0) is 436 Å². The first-order valence-electron chi connectivity index (χ1n) is 54.5. The molecule has 0 N–H and O–H groups in total. The van der Waals surface area contributed by atoms with Gasteiger partial charge in [-0.1, -0.05) is 121 Å². The number of nitrogens with zero attached hydrogens (tertiary/aromatic N) is 8. The van der Waals surface area contributed by atoms with Gasteiger partial charge < -0.3 is 58.1 Å². The second-order valence-corrected chi connectivity index (χ2v) is 50.7. The smallest absolute Gasteiger partial charge is 0.410 e. The highest BCUT2D eigenvalue weighted by molar-refractivity contribution is 6.31. The van der Waals surface area contributed by atoms with Gasteiger partial charge >= 0.3 is 24.4 Å². The summed E-state index contributed by atoms with van der Waals surface area (Å²) in [6.07, 6.45) is 24.1. The zero-order chi connectivity index (χ0) is 104. The Morgan fingerprint density at radius 1 is 0.343 bits per heavy atom.